The number of aliphatic hydroxyl groups excluding tert-OH is 1. The van der Waals surface area contributed by atoms with Gasteiger partial charge in [0.15, 0.2) is 0 Å². The standard InChI is InChI=1S/C14H18BrNO2/c1-14(2)9-16(7-6-12(14)17)13(18)10-4-3-5-11(15)8-10/h3-5,8,12,17H,6-7,9H2,1-2H3. The molecule has 2 rings (SSSR count). The Kier molecular flexibility index (Phi) is 3.78. The van der Waals surface area contributed by atoms with Gasteiger partial charge in [0, 0.05) is 28.5 Å². The third-order valence-electron chi connectivity index (χ3n) is 3.53. The van der Waals surface area contributed by atoms with E-state index in [1.165, 1.54) is 0 Å². The number of carbonyl (C=O) groups excluding carboxylic acids is 1. The number of nitrogens with zero attached hydrogens (tertiary/aromatic N) is 1. The molecule has 0 radical (unpaired) electrons. The lowest BCUT2D eigenvalue weighted by molar-refractivity contribution is -0.0182. The number of benzene rings is 1. The van der Waals surface area contributed by atoms with E-state index in [1.807, 2.05) is 43.0 Å². The molecule has 1 unspecified atom stereocenters. The molecule has 1 aliphatic heterocycles. The number of hydrogen-bond acceptors (Lipinski definition) is 2. The molecule has 0 spiro atoms. The van der Waals surface area contributed by atoms with Crippen LogP contribution in [-0.2, 0) is 0 Å². The summed E-state index contributed by atoms with van der Waals surface area (Å²) in [6, 6.07) is 7.42. The number of amides is 1. The minimum absolute atomic E-state index is 0.0382. The lowest BCUT2D eigenvalue weighted by Crippen LogP contribution is -2.50. The minimum atomic E-state index is -0.330. The van der Waals surface area contributed by atoms with Gasteiger partial charge in [0.1, 0.15) is 0 Å². The monoisotopic (exact) mass is 311 g/mol. The van der Waals surface area contributed by atoms with Gasteiger partial charge >= 0.3 is 0 Å². The molecule has 1 aliphatic rings. The average Bonchev–Trinajstić information content (AvgIpc) is 2.31. The highest BCUT2D eigenvalue weighted by Crippen LogP contribution is 2.30. The molecule has 1 heterocycles. The molecule has 0 bridgehead atoms. The lowest BCUT2D eigenvalue weighted by atomic mass is 9.81. The second kappa shape index (κ2) is 5.02. The summed E-state index contributed by atoms with van der Waals surface area (Å²) >= 11 is 3.38. The van der Waals surface area contributed by atoms with Gasteiger partial charge in [0.05, 0.1) is 6.10 Å². The fourth-order valence-corrected chi connectivity index (χ4v) is 2.72. The maximum atomic E-state index is 12.4. The lowest BCUT2D eigenvalue weighted by Gasteiger charge is -2.41. The number of likely N-dealkylation sites (tertiary alicyclic amines) is 1. The van der Waals surface area contributed by atoms with Crippen molar-refractivity contribution < 1.29 is 9.90 Å². The molecule has 98 valence electrons. The number of rotatable bonds is 1. The molecule has 3 nitrogen and oxygen atoms in total. The Balaban J connectivity index is 2.15. The fraction of sp³-hybridized carbons (Fsp3) is 0.500. The SMILES string of the molecule is CC1(C)CN(C(=O)c2cccc(Br)c2)CCC1O. The first-order valence-corrected chi connectivity index (χ1v) is 6.92. The third-order valence-corrected chi connectivity index (χ3v) is 4.02. The number of carbonyl (C=O) groups is 1. The summed E-state index contributed by atoms with van der Waals surface area (Å²) in [4.78, 5) is 14.2. The van der Waals surface area contributed by atoms with Crippen molar-refractivity contribution in [3.63, 3.8) is 0 Å². The van der Waals surface area contributed by atoms with Crippen LogP contribution in [0.5, 0.6) is 0 Å². The zero-order valence-electron chi connectivity index (χ0n) is 10.7. The van der Waals surface area contributed by atoms with Crippen LogP contribution >= 0.6 is 15.9 Å². The first-order chi connectivity index (χ1) is 8.40. The van der Waals surface area contributed by atoms with Crippen LogP contribution in [0.25, 0.3) is 0 Å². The largest absolute Gasteiger partial charge is 0.392 e. The van der Waals surface area contributed by atoms with E-state index in [0.717, 1.165) is 4.47 Å². The maximum absolute atomic E-state index is 12.4. The molecule has 1 fully saturated rings. The van der Waals surface area contributed by atoms with Gasteiger partial charge in [-0.15, -0.1) is 0 Å². The van der Waals surface area contributed by atoms with Crippen LogP contribution in [0.4, 0.5) is 0 Å². The molecule has 0 saturated carbocycles. The smallest absolute Gasteiger partial charge is 0.253 e. The van der Waals surface area contributed by atoms with Gasteiger partial charge in [-0.1, -0.05) is 35.8 Å². The summed E-state index contributed by atoms with van der Waals surface area (Å²) in [6.07, 6.45) is 0.316. The van der Waals surface area contributed by atoms with Crippen molar-refractivity contribution in [3.05, 3.63) is 34.3 Å². The van der Waals surface area contributed by atoms with Gasteiger partial charge in [-0.3, -0.25) is 4.79 Å². The molecule has 1 saturated heterocycles. The second-order valence-corrected chi connectivity index (χ2v) is 6.45. The highest BCUT2D eigenvalue weighted by molar-refractivity contribution is 9.10. The van der Waals surface area contributed by atoms with E-state index < -0.39 is 0 Å². The molecule has 1 N–H and O–H groups in total. The maximum Gasteiger partial charge on any atom is 0.253 e. The van der Waals surface area contributed by atoms with Crippen molar-refractivity contribution in [2.75, 3.05) is 13.1 Å². The zero-order valence-corrected chi connectivity index (χ0v) is 12.3. The van der Waals surface area contributed by atoms with Crippen LogP contribution in [0, 0.1) is 5.41 Å². The highest BCUT2D eigenvalue weighted by atomic mass is 79.9. The quantitative estimate of drug-likeness (QED) is 0.866. The van der Waals surface area contributed by atoms with Crippen molar-refractivity contribution in [2.45, 2.75) is 26.4 Å². The van der Waals surface area contributed by atoms with Crippen LogP contribution < -0.4 is 0 Å². The minimum Gasteiger partial charge on any atom is -0.392 e. The molecule has 1 aromatic carbocycles. The predicted molar refractivity (Wildman–Crippen MR) is 74.5 cm³/mol. The molecule has 1 amide bonds. The summed E-state index contributed by atoms with van der Waals surface area (Å²) in [7, 11) is 0. The molecule has 0 aliphatic carbocycles. The molecule has 0 aromatic heterocycles. The Morgan fingerprint density at radius 2 is 2.22 bits per heavy atom. The topological polar surface area (TPSA) is 40.5 Å². The number of piperidine rings is 1. The zero-order chi connectivity index (χ0) is 13.3. The van der Waals surface area contributed by atoms with Crippen molar-refractivity contribution in [3.8, 4) is 0 Å². The van der Waals surface area contributed by atoms with Gasteiger partial charge in [-0.05, 0) is 24.6 Å². The summed E-state index contributed by atoms with van der Waals surface area (Å²) < 4.78 is 0.907. The van der Waals surface area contributed by atoms with Crippen molar-refractivity contribution in [2.24, 2.45) is 5.41 Å². The van der Waals surface area contributed by atoms with Crippen LogP contribution in [0.1, 0.15) is 30.6 Å². The van der Waals surface area contributed by atoms with Crippen LogP contribution in [0.3, 0.4) is 0 Å². The van der Waals surface area contributed by atoms with Crippen LogP contribution in [0.15, 0.2) is 28.7 Å². The molecular weight excluding hydrogens is 294 g/mol. The predicted octanol–water partition coefficient (Wildman–Crippen LogP) is 2.68. The van der Waals surface area contributed by atoms with E-state index in [4.69, 9.17) is 0 Å². The van der Waals surface area contributed by atoms with E-state index in [9.17, 15) is 9.90 Å². The van der Waals surface area contributed by atoms with E-state index in [-0.39, 0.29) is 17.4 Å². The molecule has 1 aromatic rings. The van der Waals surface area contributed by atoms with E-state index >= 15 is 0 Å². The van der Waals surface area contributed by atoms with Crippen LogP contribution in [-0.4, -0.2) is 35.1 Å². The van der Waals surface area contributed by atoms with Gasteiger partial charge in [-0.2, -0.15) is 0 Å². The number of halogens is 1. The Bertz CT molecular complexity index is 459. The van der Waals surface area contributed by atoms with Gasteiger partial charge < -0.3 is 10.0 Å². The normalized spacial score (nSPS) is 22.9. The average molecular weight is 312 g/mol. The Labute approximate surface area is 116 Å². The fourth-order valence-electron chi connectivity index (χ4n) is 2.32. The van der Waals surface area contributed by atoms with Crippen molar-refractivity contribution in [1.29, 1.82) is 0 Å². The molecule has 1 atom stereocenters. The number of hydrogen-bond donors (Lipinski definition) is 1. The van der Waals surface area contributed by atoms with E-state index in [0.29, 0.717) is 25.1 Å². The van der Waals surface area contributed by atoms with E-state index in [1.54, 1.807) is 0 Å². The van der Waals surface area contributed by atoms with Crippen LogP contribution in [0.2, 0.25) is 0 Å². The van der Waals surface area contributed by atoms with Gasteiger partial charge in [0.2, 0.25) is 0 Å². The van der Waals surface area contributed by atoms with Gasteiger partial charge in [-0.25, -0.2) is 0 Å². The Morgan fingerprint density at radius 3 is 2.83 bits per heavy atom. The first kappa shape index (κ1) is 13.6. The molecule has 4 heteroatoms. The highest BCUT2D eigenvalue weighted by Gasteiger charge is 2.36. The molecular formula is C14H18BrNO2. The first-order valence-electron chi connectivity index (χ1n) is 6.13. The summed E-state index contributed by atoms with van der Waals surface area (Å²) in [5.74, 6) is 0.0382. The number of aliphatic hydroxyl groups is 1. The van der Waals surface area contributed by atoms with E-state index in [2.05, 4.69) is 15.9 Å². The summed E-state index contributed by atoms with van der Waals surface area (Å²) in [5, 5.41) is 9.91. The second-order valence-electron chi connectivity index (χ2n) is 5.53. The summed E-state index contributed by atoms with van der Waals surface area (Å²) in [6.45, 7) is 5.21. The van der Waals surface area contributed by atoms with Crippen molar-refractivity contribution in [1.82, 2.24) is 4.90 Å². The Morgan fingerprint density at radius 1 is 1.50 bits per heavy atom. The Hall–Kier alpha value is -0.870. The van der Waals surface area contributed by atoms with Crippen molar-refractivity contribution >= 4 is 21.8 Å². The van der Waals surface area contributed by atoms with Gasteiger partial charge in [0.25, 0.3) is 5.91 Å². The molecule has 18 heavy (non-hydrogen) atoms. The third kappa shape index (κ3) is 2.75. The summed E-state index contributed by atoms with van der Waals surface area (Å²) in [5.41, 5.74) is 0.455.